The molecule has 0 fully saturated rings. The van der Waals surface area contributed by atoms with Crippen LogP contribution in [0.2, 0.25) is 0 Å². The molecule has 2 N–H and O–H groups in total. The third kappa shape index (κ3) is 8.68. The molecule has 0 bridgehead atoms. The molecule has 44 heavy (non-hydrogen) atoms. The number of thiazole rings is 1. The van der Waals surface area contributed by atoms with E-state index in [2.05, 4.69) is 33.5 Å². The molecule has 0 spiro atoms. The second-order valence-electron chi connectivity index (χ2n) is 9.31. The summed E-state index contributed by atoms with van der Waals surface area (Å²) in [6, 6.07) is 17.7. The number of rotatable bonds is 13. The zero-order valence-electron chi connectivity index (χ0n) is 23.6. The maximum absolute atomic E-state index is 13.0. The first-order valence-corrected chi connectivity index (χ1v) is 14.3. The normalized spacial score (nSPS) is 11.2. The maximum atomic E-state index is 13.0. The predicted octanol–water partition coefficient (Wildman–Crippen LogP) is 7.18. The van der Waals surface area contributed by atoms with Crippen molar-refractivity contribution < 1.29 is 27.4 Å². The minimum Gasteiger partial charge on any atom is -0.490 e. The van der Waals surface area contributed by atoms with E-state index in [0.717, 1.165) is 23.3 Å². The summed E-state index contributed by atoms with van der Waals surface area (Å²) in [6.07, 6.45) is -0.855. The number of alkyl halides is 3. The van der Waals surface area contributed by atoms with Gasteiger partial charge in [-0.05, 0) is 55.3 Å². The molecular weight excluding hydrogens is 591 g/mol. The van der Waals surface area contributed by atoms with Crippen molar-refractivity contribution in [1.29, 1.82) is 5.26 Å². The Labute approximate surface area is 256 Å². The largest absolute Gasteiger partial charge is 0.490 e. The Hall–Kier alpha value is -5.15. The van der Waals surface area contributed by atoms with Gasteiger partial charge in [-0.15, -0.1) is 17.9 Å². The van der Waals surface area contributed by atoms with Gasteiger partial charge in [-0.3, -0.25) is 4.79 Å². The van der Waals surface area contributed by atoms with E-state index in [1.54, 1.807) is 29.7 Å². The number of carbonyl (C=O) groups is 1. The van der Waals surface area contributed by atoms with E-state index < -0.39 is 17.6 Å². The third-order valence-electron chi connectivity index (χ3n) is 6.07. The summed E-state index contributed by atoms with van der Waals surface area (Å²) in [5, 5.41) is 18.3. The molecule has 0 unspecified atom stereocenters. The van der Waals surface area contributed by atoms with Crippen LogP contribution in [-0.4, -0.2) is 23.7 Å². The van der Waals surface area contributed by atoms with Gasteiger partial charge in [0.1, 0.15) is 6.61 Å². The maximum Gasteiger partial charge on any atom is 0.416 e. The molecule has 0 saturated heterocycles. The average molecular weight is 620 g/mol. The van der Waals surface area contributed by atoms with E-state index in [1.165, 1.54) is 29.7 Å². The highest BCUT2D eigenvalue weighted by Crippen LogP contribution is 2.35. The van der Waals surface area contributed by atoms with E-state index in [4.69, 9.17) is 9.47 Å². The second-order valence-corrected chi connectivity index (χ2v) is 10.2. The number of aromatic nitrogens is 1. The monoisotopic (exact) mass is 619 g/mol. The van der Waals surface area contributed by atoms with E-state index >= 15 is 0 Å². The van der Waals surface area contributed by atoms with E-state index in [0.29, 0.717) is 46.5 Å². The molecule has 1 aromatic heterocycles. The number of allylic oxidation sites excluding steroid dienone is 1. The van der Waals surface area contributed by atoms with Crippen LogP contribution in [0.3, 0.4) is 0 Å². The van der Waals surface area contributed by atoms with Crippen LogP contribution in [0.4, 0.5) is 24.0 Å². The molecule has 0 aliphatic rings. The lowest BCUT2D eigenvalue weighted by Gasteiger charge is -2.17. The minimum atomic E-state index is -4.45. The Morgan fingerprint density at radius 1 is 1.14 bits per heavy atom. The summed E-state index contributed by atoms with van der Waals surface area (Å²) in [4.78, 5) is 16.8. The summed E-state index contributed by atoms with van der Waals surface area (Å²) in [5.41, 5.74) is 5.07. The van der Waals surface area contributed by atoms with Gasteiger partial charge in [0.05, 0.1) is 42.1 Å². The SMILES string of the molecule is C=CCc1cc(/C=N\NC(=O)Cc2csc(Nc3cccc(C(F)(F)F)c3)n2)cc(OCC)c1OCc1ccccc1C#N. The molecule has 0 aliphatic heterocycles. The van der Waals surface area contributed by atoms with Crippen LogP contribution in [0, 0.1) is 11.3 Å². The van der Waals surface area contributed by atoms with Gasteiger partial charge < -0.3 is 14.8 Å². The molecule has 0 saturated carbocycles. The van der Waals surface area contributed by atoms with Crippen LogP contribution in [0.25, 0.3) is 0 Å². The first kappa shape index (κ1) is 31.8. The van der Waals surface area contributed by atoms with E-state index in [1.807, 2.05) is 25.1 Å². The topological polar surface area (TPSA) is 109 Å². The number of hydrogen-bond donors (Lipinski definition) is 2. The number of nitrogens with zero attached hydrogens (tertiary/aromatic N) is 3. The van der Waals surface area contributed by atoms with Crippen molar-refractivity contribution in [3.05, 3.63) is 112 Å². The molecule has 12 heteroatoms. The van der Waals surface area contributed by atoms with Gasteiger partial charge in [0.25, 0.3) is 0 Å². The van der Waals surface area contributed by atoms with Crippen molar-refractivity contribution >= 4 is 34.3 Å². The van der Waals surface area contributed by atoms with Gasteiger partial charge in [0.15, 0.2) is 16.6 Å². The smallest absolute Gasteiger partial charge is 0.416 e. The fourth-order valence-corrected chi connectivity index (χ4v) is 4.85. The van der Waals surface area contributed by atoms with Crippen molar-refractivity contribution in [3.8, 4) is 17.6 Å². The highest BCUT2D eigenvalue weighted by Gasteiger charge is 2.30. The lowest BCUT2D eigenvalue weighted by atomic mass is 10.1. The molecule has 1 heterocycles. The minimum absolute atomic E-state index is 0.0824. The van der Waals surface area contributed by atoms with Crippen molar-refractivity contribution in [2.75, 3.05) is 11.9 Å². The summed E-state index contributed by atoms with van der Waals surface area (Å²) in [6.45, 7) is 6.23. The Morgan fingerprint density at radius 2 is 1.95 bits per heavy atom. The number of halogens is 3. The van der Waals surface area contributed by atoms with Gasteiger partial charge >= 0.3 is 6.18 Å². The highest BCUT2D eigenvalue weighted by atomic mass is 32.1. The van der Waals surface area contributed by atoms with Crippen LogP contribution >= 0.6 is 11.3 Å². The summed E-state index contributed by atoms with van der Waals surface area (Å²) in [5.74, 6) is 0.584. The Balaban J connectivity index is 1.40. The molecule has 4 aromatic rings. The average Bonchev–Trinajstić information content (AvgIpc) is 3.43. The molecule has 3 aromatic carbocycles. The van der Waals surface area contributed by atoms with Gasteiger partial charge in [-0.1, -0.05) is 30.3 Å². The van der Waals surface area contributed by atoms with Crippen LogP contribution in [0.1, 0.15) is 40.4 Å². The number of carbonyl (C=O) groups excluding carboxylic acids is 1. The number of benzene rings is 3. The van der Waals surface area contributed by atoms with Crippen molar-refractivity contribution in [1.82, 2.24) is 10.4 Å². The Morgan fingerprint density at radius 3 is 2.70 bits per heavy atom. The lowest BCUT2D eigenvalue weighted by Crippen LogP contribution is -2.20. The van der Waals surface area contributed by atoms with Crippen LogP contribution in [0.5, 0.6) is 11.5 Å². The Kier molecular flexibility index (Phi) is 10.7. The van der Waals surface area contributed by atoms with Gasteiger partial charge in [-0.25, -0.2) is 10.4 Å². The molecule has 226 valence electrons. The van der Waals surface area contributed by atoms with Gasteiger partial charge in [-0.2, -0.15) is 23.5 Å². The molecule has 0 radical (unpaired) electrons. The van der Waals surface area contributed by atoms with Gasteiger partial charge in [0.2, 0.25) is 5.91 Å². The standard InChI is InChI=1S/C32H28F3N5O3S/c1-3-8-22-13-21(14-28(42-4-2)30(22)43-19-24-10-6-5-9-23(24)17-36)18-37-40-29(41)16-27-20-44-31(39-27)38-26-12-7-11-25(15-26)32(33,34)35/h3,5-7,9-15,18,20H,1,4,8,16,19H2,2H3,(H,38,39)(H,40,41)/b37-18-. The van der Waals surface area contributed by atoms with Crippen LogP contribution in [-0.2, 0) is 30.4 Å². The lowest BCUT2D eigenvalue weighted by molar-refractivity contribution is -0.137. The molecule has 0 aliphatic carbocycles. The van der Waals surface area contributed by atoms with E-state index in [9.17, 15) is 23.2 Å². The molecule has 0 atom stereocenters. The predicted molar refractivity (Wildman–Crippen MR) is 163 cm³/mol. The number of anilines is 2. The zero-order chi connectivity index (χ0) is 31.5. The number of nitrogens with one attached hydrogen (secondary N) is 2. The highest BCUT2D eigenvalue weighted by molar-refractivity contribution is 7.13. The van der Waals surface area contributed by atoms with Crippen LogP contribution < -0.4 is 20.2 Å². The van der Waals surface area contributed by atoms with Crippen molar-refractivity contribution in [2.45, 2.75) is 32.5 Å². The number of amides is 1. The number of ether oxygens (including phenoxy) is 2. The molecule has 4 rings (SSSR count). The summed E-state index contributed by atoms with van der Waals surface area (Å²) >= 11 is 1.17. The first-order chi connectivity index (χ1) is 21.2. The van der Waals surface area contributed by atoms with Crippen molar-refractivity contribution in [3.63, 3.8) is 0 Å². The number of hydrogen-bond acceptors (Lipinski definition) is 8. The molecule has 8 nitrogen and oxygen atoms in total. The molecule has 1 amide bonds. The van der Waals surface area contributed by atoms with E-state index in [-0.39, 0.29) is 18.7 Å². The van der Waals surface area contributed by atoms with Crippen LogP contribution in [0.15, 0.2) is 83.8 Å². The summed E-state index contributed by atoms with van der Waals surface area (Å²) in [7, 11) is 0. The second kappa shape index (κ2) is 14.8. The van der Waals surface area contributed by atoms with Crippen molar-refractivity contribution in [2.24, 2.45) is 5.10 Å². The summed E-state index contributed by atoms with van der Waals surface area (Å²) < 4.78 is 50.9. The third-order valence-corrected chi connectivity index (χ3v) is 6.87. The van der Waals surface area contributed by atoms with Gasteiger partial charge in [0, 0.05) is 22.2 Å². The molecular formula is C32H28F3N5O3S. The number of nitriles is 1. The number of hydrazone groups is 1. The zero-order valence-corrected chi connectivity index (χ0v) is 24.5. The quantitative estimate of drug-likeness (QED) is 0.0933. The Bertz CT molecular complexity index is 1700. The first-order valence-electron chi connectivity index (χ1n) is 13.4. The fraction of sp³-hybridized carbons (Fsp3) is 0.188. The fourth-order valence-electron chi connectivity index (χ4n) is 4.12.